The van der Waals surface area contributed by atoms with Gasteiger partial charge in [-0.15, -0.1) is 11.3 Å². The van der Waals surface area contributed by atoms with E-state index in [4.69, 9.17) is 2.74 Å². The first-order valence-electron chi connectivity index (χ1n) is 12.1. The van der Waals surface area contributed by atoms with Gasteiger partial charge in [0.25, 0.3) is 0 Å². The van der Waals surface area contributed by atoms with Gasteiger partial charge in [-0.3, -0.25) is 0 Å². The van der Waals surface area contributed by atoms with Gasteiger partial charge in [0.2, 0.25) is 5.69 Å². The molecule has 0 saturated carbocycles. The van der Waals surface area contributed by atoms with Gasteiger partial charge in [-0.2, -0.15) is 0 Å². The molecule has 5 aromatic rings. The van der Waals surface area contributed by atoms with Crippen molar-refractivity contribution in [1.82, 2.24) is 0 Å². The van der Waals surface area contributed by atoms with E-state index in [0.29, 0.717) is 0 Å². The normalized spacial score (nSPS) is 13.4. The number of thiophene rings is 1. The number of hydrogen-bond donors (Lipinski definition) is 0. The van der Waals surface area contributed by atoms with Crippen LogP contribution in [0.3, 0.4) is 0 Å². The Labute approximate surface area is 197 Å². The van der Waals surface area contributed by atoms with E-state index < -0.39 is 11.8 Å². The predicted octanol–water partition coefficient (Wildman–Crippen LogP) is 8.11. The molecule has 2 aromatic heterocycles. The summed E-state index contributed by atoms with van der Waals surface area (Å²) < 4.78 is 22.0. The molecule has 0 N–H and O–H groups in total. The number of nitrogens with zero attached hydrogens (tertiary/aromatic N) is 1. The quantitative estimate of drug-likeness (QED) is 0.250. The molecule has 0 amide bonds. The van der Waals surface area contributed by atoms with Crippen LogP contribution < -0.4 is 4.57 Å². The maximum atomic E-state index is 8.58. The Hall–Kier alpha value is -2.97. The standard InChI is InChI=1S/C30H30NS/c1-20-10-15-25-24-8-6-7-9-27(24)32-29(25)28(20)26-18-23(16-17-31(26)5)22-13-11-21(12-14-22)19-30(2,3)4/h6-18H,19H2,1-5H3/q+1/i19D2. The molecule has 0 saturated heterocycles. The largest absolute Gasteiger partial charge is 0.214 e. The lowest BCUT2D eigenvalue weighted by Gasteiger charge is -2.18. The Morgan fingerprint density at radius 2 is 1.62 bits per heavy atom. The van der Waals surface area contributed by atoms with Crippen LogP contribution in [0.25, 0.3) is 42.6 Å². The molecule has 5 rings (SSSR count). The molecular weight excluding hydrogens is 406 g/mol. The summed E-state index contributed by atoms with van der Waals surface area (Å²) in [6.45, 7) is 8.03. The summed E-state index contributed by atoms with van der Waals surface area (Å²) in [6.07, 6.45) is 0.729. The second-order valence-corrected chi connectivity index (χ2v) is 10.6. The van der Waals surface area contributed by atoms with Crippen LogP contribution in [0.5, 0.6) is 0 Å². The predicted molar refractivity (Wildman–Crippen MR) is 139 cm³/mol. The van der Waals surface area contributed by atoms with E-state index in [2.05, 4.69) is 73.3 Å². The lowest BCUT2D eigenvalue weighted by Crippen LogP contribution is -2.30. The summed E-state index contributed by atoms with van der Waals surface area (Å²) in [5, 5.41) is 2.62. The van der Waals surface area contributed by atoms with E-state index in [1.807, 2.05) is 56.4 Å². The molecule has 32 heavy (non-hydrogen) atoms. The van der Waals surface area contributed by atoms with E-state index >= 15 is 0 Å². The van der Waals surface area contributed by atoms with Crippen molar-refractivity contribution in [2.45, 2.75) is 34.1 Å². The number of pyridine rings is 1. The Morgan fingerprint density at radius 1 is 0.875 bits per heavy atom. The van der Waals surface area contributed by atoms with Crippen molar-refractivity contribution < 1.29 is 7.31 Å². The maximum absolute atomic E-state index is 8.58. The maximum Gasteiger partial charge on any atom is 0.214 e. The third-order valence-corrected chi connectivity index (χ3v) is 7.10. The molecule has 2 heteroatoms. The molecule has 0 atom stereocenters. The first-order chi connectivity index (χ1) is 16.1. The minimum atomic E-state index is -1.40. The minimum Gasteiger partial charge on any atom is -0.201 e. The van der Waals surface area contributed by atoms with Gasteiger partial charge in [-0.25, -0.2) is 4.57 Å². The number of benzene rings is 3. The highest BCUT2D eigenvalue weighted by Gasteiger charge is 2.20. The zero-order chi connectivity index (χ0) is 24.3. The molecular formula is C30H30NS+. The topological polar surface area (TPSA) is 3.88 Å². The molecule has 2 heterocycles. The van der Waals surface area contributed by atoms with Crippen LogP contribution in [0.15, 0.2) is 79.0 Å². The first-order valence-corrected chi connectivity index (χ1v) is 11.9. The van der Waals surface area contributed by atoms with Crippen molar-refractivity contribution in [1.29, 1.82) is 0 Å². The molecule has 0 bridgehead atoms. The lowest BCUT2D eigenvalue weighted by molar-refractivity contribution is -0.660. The molecule has 160 valence electrons. The highest BCUT2D eigenvalue weighted by Crippen LogP contribution is 2.41. The first kappa shape index (κ1) is 18.6. The van der Waals surface area contributed by atoms with Crippen LogP contribution in [-0.4, -0.2) is 0 Å². The third-order valence-electron chi connectivity index (χ3n) is 5.90. The molecule has 0 fully saturated rings. The fraction of sp³-hybridized carbons (Fsp3) is 0.233. The zero-order valence-corrected chi connectivity index (χ0v) is 20.2. The lowest BCUT2D eigenvalue weighted by atomic mass is 9.87. The molecule has 0 aliphatic carbocycles. The van der Waals surface area contributed by atoms with Crippen molar-refractivity contribution in [2.75, 3.05) is 0 Å². The second kappa shape index (κ2) is 7.86. The van der Waals surface area contributed by atoms with Crippen LogP contribution in [0, 0.1) is 12.3 Å². The summed E-state index contributed by atoms with van der Waals surface area (Å²) in [6, 6.07) is 25.5. The fourth-order valence-electron chi connectivity index (χ4n) is 4.38. The number of aromatic nitrogens is 1. The summed E-state index contributed by atoms with van der Waals surface area (Å²) in [7, 11) is 2.10. The van der Waals surface area contributed by atoms with E-state index in [1.165, 1.54) is 37.0 Å². The van der Waals surface area contributed by atoms with E-state index in [0.717, 1.165) is 16.7 Å². The minimum absolute atomic E-state index is 0.470. The molecule has 0 aliphatic heterocycles. The summed E-state index contributed by atoms with van der Waals surface area (Å²) in [5.74, 6) is 0. The van der Waals surface area contributed by atoms with Gasteiger partial charge in [0, 0.05) is 35.0 Å². The highest BCUT2D eigenvalue weighted by molar-refractivity contribution is 7.26. The Kier molecular flexibility index (Phi) is 4.57. The van der Waals surface area contributed by atoms with E-state index in [-0.39, 0.29) is 0 Å². The number of hydrogen-bond acceptors (Lipinski definition) is 1. The molecule has 0 radical (unpaired) electrons. The van der Waals surface area contributed by atoms with Gasteiger partial charge in [0.05, 0.1) is 5.56 Å². The average molecular weight is 439 g/mol. The molecule has 0 spiro atoms. The van der Waals surface area contributed by atoms with Gasteiger partial charge >= 0.3 is 0 Å². The molecule has 1 nitrogen and oxygen atoms in total. The summed E-state index contributed by atoms with van der Waals surface area (Å²) in [4.78, 5) is 0. The Bertz CT molecular complexity index is 1520. The van der Waals surface area contributed by atoms with E-state index in [1.54, 1.807) is 0 Å². The average Bonchev–Trinajstić information content (AvgIpc) is 3.17. The number of rotatable bonds is 3. The van der Waals surface area contributed by atoms with Gasteiger partial charge < -0.3 is 0 Å². The summed E-state index contributed by atoms with van der Waals surface area (Å²) >= 11 is 1.86. The van der Waals surface area contributed by atoms with E-state index in [9.17, 15) is 0 Å². The number of aryl methyl sites for hydroxylation is 2. The van der Waals surface area contributed by atoms with Crippen LogP contribution in [0.1, 0.15) is 34.6 Å². The second-order valence-electron chi connectivity index (χ2n) is 9.60. The number of fused-ring (bicyclic) bond motifs is 3. The van der Waals surface area contributed by atoms with Crippen molar-refractivity contribution in [3.8, 4) is 22.4 Å². The van der Waals surface area contributed by atoms with Crippen molar-refractivity contribution in [3.63, 3.8) is 0 Å². The Morgan fingerprint density at radius 3 is 2.38 bits per heavy atom. The van der Waals surface area contributed by atoms with Gasteiger partial charge in [-0.1, -0.05) is 75.4 Å². The third kappa shape index (κ3) is 3.84. The van der Waals surface area contributed by atoms with Crippen LogP contribution >= 0.6 is 11.3 Å². The monoisotopic (exact) mass is 438 g/mol. The van der Waals surface area contributed by atoms with Gasteiger partial charge in [0.1, 0.15) is 7.05 Å². The van der Waals surface area contributed by atoms with Gasteiger partial charge in [0.15, 0.2) is 6.20 Å². The zero-order valence-electron chi connectivity index (χ0n) is 21.4. The van der Waals surface area contributed by atoms with Crippen LogP contribution in [0.2, 0.25) is 0 Å². The fourth-order valence-corrected chi connectivity index (χ4v) is 5.69. The smallest absolute Gasteiger partial charge is 0.201 e. The molecule has 0 aliphatic rings. The summed E-state index contributed by atoms with van der Waals surface area (Å²) in [5.41, 5.74) is 6.20. The van der Waals surface area contributed by atoms with Crippen LogP contribution in [0.4, 0.5) is 0 Å². The van der Waals surface area contributed by atoms with Crippen molar-refractivity contribution in [3.05, 3.63) is 90.1 Å². The Balaban J connectivity index is 1.64. The van der Waals surface area contributed by atoms with Crippen molar-refractivity contribution >= 4 is 31.5 Å². The van der Waals surface area contributed by atoms with Crippen LogP contribution in [-0.2, 0) is 13.4 Å². The molecule has 0 unspecified atom stereocenters. The van der Waals surface area contributed by atoms with Crippen molar-refractivity contribution in [2.24, 2.45) is 12.5 Å². The molecule has 3 aromatic carbocycles. The SMILES string of the molecule is [2H]C([2H])(c1ccc(-c2cc[n+](C)c(-c3c(C)ccc4c3sc3ccccc34)c2)cc1)C(C)(C)C. The van der Waals surface area contributed by atoms with Gasteiger partial charge in [-0.05, 0) is 47.0 Å². The highest BCUT2D eigenvalue weighted by atomic mass is 32.1.